The van der Waals surface area contributed by atoms with E-state index >= 15 is 0 Å². The largest absolute Gasteiger partial charge is 0.496 e. The van der Waals surface area contributed by atoms with Crippen LogP contribution in [-0.4, -0.2) is 38.3 Å². The number of rotatable bonds is 6. The van der Waals surface area contributed by atoms with Gasteiger partial charge >= 0.3 is 6.03 Å². The summed E-state index contributed by atoms with van der Waals surface area (Å²) in [6.07, 6.45) is 2.69. The number of hydrogen-bond acceptors (Lipinski definition) is 4. The molecule has 2 amide bonds. The van der Waals surface area contributed by atoms with E-state index in [2.05, 4.69) is 21.7 Å². The maximum atomic E-state index is 12.1. The van der Waals surface area contributed by atoms with E-state index < -0.39 is 0 Å². The van der Waals surface area contributed by atoms with Crippen molar-refractivity contribution in [1.82, 2.24) is 15.6 Å². The van der Waals surface area contributed by atoms with E-state index in [9.17, 15) is 4.79 Å². The van der Waals surface area contributed by atoms with Gasteiger partial charge in [-0.15, -0.1) is 0 Å². The molecule has 0 spiro atoms. The van der Waals surface area contributed by atoms with Crippen molar-refractivity contribution in [3.63, 3.8) is 0 Å². The average Bonchev–Trinajstić information content (AvgIpc) is 3.39. The molecule has 132 valence electrons. The summed E-state index contributed by atoms with van der Waals surface area (Å²) in [4.78, 5) is 18.3. The zero-order valence-electron chi connectivity index (χ0n) is 14.8. The van der Waals surface area contributed by atoms with Crippen LogP contribution >= 0.6 is 0 Å². The molecule has 2 aromatic rings. The molecule has 1 fully saturated rings. The van der Waals surface area contributed by atoms with Crippen molar-refractivity contribution >= 4 is 11.8 Å². The molecule has 2 unspecified atom stereocenters. The minimum atomic E-state index is -0.148. The zero-order chi connectivity index (χ0) is 17.8. The summed E-state index contributed by atoms with van der Waals surface area (Å²) in [5.74, 6) is 2.08. The number of nitrogens with one attached hydrogen (secondary N) is 2. The summed E-state index contributed by atoms with van der Waals surface area (Å²) in [7, 11) is 5.56. The van der Waals surface area contributed by atoms with Crippen molar-refractivity contribution < 1.29 is 9.53 Å². The highest BCUT2D eigenvalue weighted by molar-refractivity contribution is 5.75. The van der Waals surface area contributed by atoms with Crippen molar-refractivity contribution in [2.45, 2.75) is 24.9 Å². The van der Waals surface area contributed by atoms with Gasteiger partial charge < -0.3 is 20.3 Å². The van der Waals surface area contributed by atoms with Gasteiger partial charge in [0, 0.05) is 38.8 Å². The Morgan fingerprint density at radius 3 is 2.88 bits per heavy atom. The van der Waals surface area contributed by atoms with Crippen LogP contribution in [0.1, 0.15) is 23.5 Å². The van der Waals surface area contributed by atoms with Gasteiger partial charge in [-0.25, -0.2) is 9.78 Å². The molecule has 0 saturated heterocycles. The van der Waals surface area contributed by atoms with Gasteiger partial charge in [-0.3, -0.25) is 0 Å². The summed E-state index contributed by atoms with van der Waals surface area (Å²) < 4.78 is 5.40. The quantitative estimate of drug-likeness (QED) is 0.848. The predicted molar refractivity (Wildman–Crippen MR) is 98.1 cm³/mol. The van der Waals surface area contributed by atoms with Gasteiger partial charge in [0.1, 0.15) is 11.6 Å². The third-order valence-electron chi connectivity index (χ3n) is 4.37. The number of ether oxygens (including phenoxy) is 1. The highest BCUT2D eigenvalue weighted by Crippen LogP contribution is 2.44. The van der Waals surface area contributed by atoms with Gasteiger partial charge in [0.15, 0.2) is 0 Å². The second-order valence-corrected chi connectivity index (χ2v) is 6.43. The summed E-state index contributed by atoms with van der Waals surface area (Å²) in [5, 5.41) is 5.94. The molecule has 1 aliphatic rings. The van der Waals surface area contributed by atoms with Crippen molar-refractivity contribution in [1.29, 1.82) is 0 Å². The molecule has 3 rings (SSSR count). The molecule has 2 atom stereocenters. The van der Waals surface area contributed by atoms with E-state index in [1.807, 2.05) is 49.3 Å². The fourth-order valence-electron chi connectivity index (χ4n) is 2.89. The Morgan fingerprint density at radius 1 is 1.32 bits per heavy atom. The standard InChI is InChI=1S/C19H24N4O2/c1-23(2)18-10-13(8-9-20-18)12-21-19(24)22-16-11-15(16)14-6-4-5-7-17(14)25-3/h4-10,15-16H,11-12H2,1-3H3,(H2,21,22,24). The molecule has 1 aromatic heterocycles. The molecule has 6 heteroatoms. The number of hydrogen-bond donors (Lipinski definition) is 2. The highest BCUT2D eigenvalue weighted by atomic mass is 16.5. The lowest BCUT2D eigenvalue weighted by molar-refractivity contribution is 0.240. The topological polar surface area (TPSA) is 66.5 Å². The van der Waals surface area contributed by atoms with Crippen LogP contribution in [0.2, 0.25) is 0 Å². The zero-order valence-corrected chi connectivity index (χ0v) is 14.8. The maximum absolute atomic E-state index is 12.1. The lowest BCUT2D eigenvalue weighted by atomic mass is 10.1. The van der Waals surface area contributed by atoms with Gasteiger partial charge in [0.2, 0.25) is 0 Å². The second kappa shape index (κ2) is 7.42. The van der Waals surface area contributed by atoms with Crippen LogP contribution in [0.25, 0.3) is 0 Å². The number of pyridine rings is 1. The van der Waals surface area contributed by atoms with E-state index in [0.717, 1.165) is 29.1 Å². The minimum Gasteiger partial charge on any atom is -0.496 e. The van der Waals surface area contributed by atoms with Crippen molar-refractivity contribution in [3.8, 4) is 5.75 Å². The number of anilines is 1. The molecule has 1 saturated carbocycles. The van der Waals surface area contributed by atoms with Crippen LogP contribution in [0.3, 0.4) is 0 Å². The normalized spacial score (nSPS) is 18.4. The number of urea groups is 1. The van der Waals surface area contributed by atoms with Crippen molar-refractivity contribution in [3.05, 3.63) is 53.7 Å². The lowest BCUT2D eigenvalue weighted by Gasteiger charge is -2.13. The molecule has 0 radical (unpaired) electrons. The third kappa shape index (κ3) is 4.21. The Morgan fingerprint density at radius 2 is 2.12 bits per heavy atom. The number of amides is 2. The van der Waals surface area contributed by atoms with Crippen molar-refractivity contribution in [2.75, 3.05) is 26.1 Å². The summed E-state index contributed by atoms with van der Waals surface area (Å²) in [5.41, 5.74) is 2.17. The molecule has 25 heavy (non-hydrogen) atoms. The fraction of sp³-hybridized carbons (Fsp3) is 0.368. The van der Waals surface area contributed by atoms with Crippen LogP contribution in [0.4, 0.5) is 10.6 Å². The number of methoxy groups -OCH3 is 1. The number of aromatic nitrogens is 1. The first-order chi connectivity index (χ1) is 12.1. The van der Waals surface area contributed by atoms with Gasteiger partial charge in [0.25, 0.3) is 0 Å². The van der Waals surface area contributed by atoms with Crippen molar-refractivity contribution in [2.24, 2.45) is 0 Å². The first kappa shape index (κ1) is 17.1. The van der Waals surface area contributed by atoms with E-state index in [4.69, 9.17) is 4.74 Å². The Hall–Kier alpha value is -2.76. The molecule has 6 nitrogen and oxygen atoms in total. The molecule has 1 aliphatic carbocycles. The predicted octanol–water partition coefficient (Wildman–Crippen LogP) is 2.51. The average molecular weight is 340 g/mol. The first-order valence-electron chi connectivity index (χ1n) is 8.38. The number of carbonyl (C=O) groups is 1. The van der Waals surface area contributed by atoms with Crippen LogP contribution in [0, 0.1) is 0 Å². The van der Waals surface area contributed by atoms with Gasteiger partial charge in [-0.1, -0.05) is 18.2 Å². The highest BCUT2D eigenvalue weighted by Gasteiger charge is 2.41. The smallest absolute Gasteiger partial charge is 0.315 e. The molecular weight excluding hydrogens is 316 g/mol. The van der Waals surface area contributed by atoms with Crippen LogP contribution in [0.5, 0.6) is 5.75 Å². The molecule has 0 bridgehead atoms. The molecule has 1 heterocycles. The minimum absolute atomic E-state index is 0.148. The third-order valence-corrected chi connectivity index (χ3v) is 4.37. The van der Waals surface area contributed by atoms with Gasteiger partial charge in [-0.2, -0.15) is 0 Å². The van der Waals surface area contributed by atoms with Gasteiger partial charge in [0.05, 0.1) is 7.11 Å². The lowest BCUT2D eigenvalue weighted by Crippen LogP contribution is -2.37. The number of carbonyl (C=O) groups excluding carboxylic acids is 1. The van der Waals surface area contributed by atoms with Crippen LogP contribution in [0.15, 0.2) is 42.6 Å². The molecule has 1 aromatic carbocycles. The monoisotopic (exact) mass is 340 g/mol. The number of benzene rings is 1. The molecule has 0 aliphatic heterocycles. The summed E-state index contributed by atoms with van der Waals surface area (Å²) in [6.45, 7) is 0.473. The summed E-state index contributed by atoms with van der Waals surface area (Å²) >= 11 is 0. The molecular formula is C19H24N4O2. The van der Waals surface area contributed by atoms with E-state index in [-0.39, 0.29) is 12.1 Å². The van der Waals surface area contributed by atoms with E-state index in [1.165, 1.54) is 0 Å². The summed E-state index contributed by atoms with van der Waals surface area (Å²) in [6, 6.07) is 11.9. The second-order valence-electron chi connectivity index (χ2n) is 6.43. The Bertz CT molecular complexity index is 748. The van der Waals surface area contributed by atoms with Crippen LogP contribution < -0.4 is 20.3 Å². The fourth-order valence-corrected chi connectivity index (χ4v) is 2.89. The number of nitrogens with zero attached hydrogens (tertiary/aromatic N) is 2. The SMILES string of the molecule is COc1ccccc1C1CC1NC(=O)NCc1ccnc(N(C)C)c1. The Labute approximate surface area is 148 Å². The van der Waals surface area contributed by atoms with Crippen LogP contribution in [-0.2, 0) is 6.54 Å². The van der Waals surface area contributed by atoms with E-state index in [0.29, 0.717) is 12.5 Å². The number of para-hydroxylation sites is 1. The molecule has 2 N–H and O–H groups in total. The first-order valence-corrected chi connectivity index (χ1v) is 8.38. The van der Waals surface area contributed by atoms with E-state index in [1.54, 1.807) is 13.3 Å². The van der Waals surface area contributed by atoms with Gasteiger partial charge in [-0.05, 0) is 35.7 Å². The Kier molecular flexibility index (Phi) is 5.07. The maximum Gasteiger partial charge on any atom is 0.315 e. The Balaban J connectivity index is 1.50.